The minimum atomic E-state index is -0.980. The number of carbonyl (C=O) groups is 1. The molecule has 27 heavy (non-hydrogen) atoms. The van der Waals surface area contributed by atoms with Crippen molar-refractivity contribution in [2.45, 2.75) is 18.4 Å². The Balaban J connectivity index is 1.76. The Morgan fingerprint density at radius 3 is 2.78 bits per heavy atom. The molecule has 138 valence electrons. The van der Waals surface area contributed by atoms with Crippen molar-refractivity contribution in [1.29, 1.82) is 0 Å². The first-order valence-corrected chi connectivity index (χ1v) is 10.0. The van der Waals surface area contributed by atoms with Gasteiger partial charge in [0.15, 0.2) is 0 Å². The first kappa shape index (κ1) is 17.5. The Bertz CT molecular complexity index is 1060. The molecular weight excluding hydrogens is 362 g/mol. The van der Waals surface area contributed by atoms with Gasteiger partial charge in [-0.2, -0.15) is 5.10 Å². The van der Waals surface area contributed by atoms with Gasteiger partial charge in [0.1, 0.15) is 11.6 Å². The van der Waals surface area contributed by atoms with Crippen LogP contribution in [-0.4, -0.2) is 27.0 Å². The SMILES string of the molecule is COc1cccc(C(=O)Nc2c3c(nn2-c2ccccc2C)C[S@@](=O)C3)c1. The Kier molecular flexibility index (Phi) is 4.53. The second-order valence-electron chi connectivity index (χ2n) is 6.39. The number of ether oxygens (including phenoxy) is 1. The molecule has 1 amide bonds. The molecule has 0 radical (unpaired) electrons. The predicted octanol–water partition coefficient (Wildman–Crippen LogP) is 3.20. The van der Waals surface area contributed by atoms with Crippen LogP contribution in [-0.2, 0) is 22.3 Å². The normalized spacial score (nSPS) is 15.4. The molecule has 2 aromatic carbocycles. The molecule has 0 saturated heterocycles. The summed E-state index contributed by atoms with van der Waals surface area (Å²) in [5.74, 6) is 1.74. The highest BCUT2D eigenvalue weighted by molar-refractivity contribution is 7.83. The van der Waals surface area contributed by atoms with Crippen molar-refractivity contribution in [2.75, 3.05) is 12.4 Å². The Morgan fingerprint density at radius 2 is 2.00 bits per heavy atom. The van der Waals surface area contributed by atoms with E-state index in [4.69, 9.17) is 4.74 Å². The van der Waals surface area contributed by atoms with E-state index < -0.39 is 10.8 Å². The number of carbonyl (C=O) groups excluding carboxylic acids is 1. The van der Waals surface area contributed by atoms with Crippen LogP contribution in [0.15, 0.2) is 48.5 Å². The quantitative estimate of drug-likeness (QED) is 0.753. The number of fused-ring (bicyclic) bond motifs is 1. The monoisotopic (exact) mass is 381 g/mol. The lowest BCUT2D eigenvalue weighted by Gasteiger charge is -2.13. The number of amides is 1. The lowest BCUT2D eigenvalue weighted by molar-refractivity contribution is 0.102. The van der Waals surface area contributed by atoms with Crippen LogP contribution in [0.5, 0.6) is 5.75 Å². The standard InChI is InChI=1S/C20H19N3O3S/c1-13-6-3-4-9-18(13)23-19(16-11-27(25)12-17(16)22-23)21-20(24)14-7-5-8-15(10-14)26-2/h3-10H,11-12H2,1-2H3,(H,21,24)/t27-/m0/s1. The number of aryl methyl sites for hydroxylation is 1. The van der Waals surface area contributed by atoms with Crippen LogP contribution in [0.2, 0.25) is 0 Å². The average molecular weight is 381 g/mol. The van der Waals surface area contributed by atoms with E-state index in [-0.39, 0.29) is 5.91 Å². The van der Waals surface area contributed by atoms with Crippen molar-refractivity contribution >= 4 is 22.5 Å². The molecule has 2 heterocycles. The summed E-state index contributed by atoms with van der Waals surface area (Å²) in [5.41, 5.74) is 4.03. The fourth-order valence-corrected chi connectivity index (χ4v) is 4.44. The van der Waals surface area contributed by atoms with Gasteiger partial charge in [0.05, 0.1) is 30.0 Å². The van der Waals surface area contributed by atoms with Crippen molar-refractivity contribution in [2.24, 2.45) is 0 Å². The molecule has 1 aliphatic rings. The number of hydrogen-bond donors (Lipinski definition) is 1. The number of benzene rings is 2. The van der Waals surface area contributed by atoms with Crippen LogP contribution in [0.25, 0.3) is 5.69 Å². The second kappa shape index (κ2) is 7.00. The largest absolute Gasteiger partial charge is 0.497 e. The number of methoxy groups -OCH3 is 1. The van der Waals surface area contributed by atoms with Crippen LogP contribution in [0.3, 0.4) is 0 Å². The van der Waals surface area contributed by atoms with Gasteiger partial charge in [0.2, 0.25) is 0 Å². The van der Waals surface area contributed by atoms with Crippen molar-refractivity contribution in [3.05, 3.63) is 70.9 Å². The topological polar surface area (TPSA) is 73.2 Å². The molecule has 0 bridgehead atoms. The third-order valence-electron chi connectivity index (χ3n) is 4.58. The van der Waals surface area contributed by atoms with Crippen molar-refractivity contribution in [1.82, 2.24) is 9.78 Å². The van der Waals surface area contributed by atoms with Gasteiger partial charge < -0.3 is 10.1 Å². The van der Waals surface area contributed by atoms with E-state index in [0.717, 1.165) is 22.5 Å². The van der Waals surface area contributed by atoms with E-state index in [2.05, 4.69) is 10.4 Å². The lowest BCUT2D eigenvalue weighted by Crippen LogP contribution is -2.17. The fourth-order valence-electron chi connectivity index (χ4n) is 3.18. The average Bonchev–Trinajstić information content (AvgIpc) is 3.19. The molecule has 0 fully saturated rings. The van der Waals surface area contributed by atoms with Gasteiger partial charge in [0, 0.05) is 21.9 Å². The van der Waals surface area contributed by atoms with E-state index in [0.29, 0.717) is 28.6 Å². The van der Waals surface area contributed by atoms with E-state index >= 15 is 0 Å². The summed E-state index contributed by atoms with van der Waals surface area (Å²) in [6.07, 6.45) is 0. The number of anilines is 1. The summed E-state index contributed by atoms with van der Waals surface area (Å²) in [6.45, 7) is 1.99. The summed E-state index contributed by atoms with van der Waals surface area (Å²) >= 11 is 0. The number of hydrogen-bond acceptors (Lipinski definition) is 4. The van der Waals surface area contributed by atoms with E-state index in [1.165, 1.54) is 0 Å². The van der Waals surface area contributed by atoms with Crippen LogP contribution in [0.4, 0.5) is 5.82 Å². The number of para-hydroxylation sites is 1. The first-order valence-electron chi connectivity index (χ1n) is 8.54. The summed E-state index contributed by atoms with van der Waals surface area (Å²) in [6, 6.07) is 14.8. The number of nitrogens with zero attached hydrogens (tertiary/aromatic N) is 2. The van der Waals surface area contributed by atoms with Crippen LogP contribution < -0.4 is 10.1 Å². The molecule has 1 aliphatic heterocycles. The Hall–Kier alpha value is -2.93. The third-order valence-corrected chi connectivity index (χ3v) is 5.78. The predicted molar refractivity (Wildman–Crippen MR) is 105 cm³/mol. The van der Waals surface area contributed by atoms with Crippen molar-refractivity contribution in [3.8, 4) is 11.4 Å². The van der Waals surface area contributed by atoms with Crippen LogP contribution in [0.1, 0.15) is 27.2 Å². The van der Waals surface area contributed by atoms with E-state index in [1.54, 1.807) is 36.1 Å². The van der Waals surface area contributed by atoms with Crippen LogP contribution >= 0.6 is 0 Å². The Labute approximate surface area is 159 Å². The van der Waals surface area contributed by atoms with Gasteiger partial charge >= 0.3 is 0 Å². The zero-order valence-corrected chi connectivity index (χ0v) is 15.9. The highest BCUT2D eigenvalue weighted by Gasteiger charge is 2.28. The molecule has 6 nitrogen and oxygen atoms in total. The second-order valence-corrected chi connectivity index (χ2v) is 7.84. The molecule has 3 aromatic rings. The van der Waals surface area contributed by atoms with Gasteiger partial charge in [-0.15, -0.1) is 0 Å². The minimum Gasteiger partial charge on any atom is -0.497 e. The molecule has 1 N–H and O–H groups in total. The molecule has 1 aromatic heterocycles. The maximum absolute atomic E-state index is 12.8. The van der Waals surface area contributed by atoms with Gasteiger partial charge in [-0.25, -0.2) is 4.68 Å². The fraction of sp³-hybridized carbons (Fsp3) is 0.200. The highest BCUT2D eigenvalue weighted by atomic mass is 32.2. The number of nitrogens with one attached hydrogen (secondary N) is 1. The van der Waals surface area contributed by atoms with Gasteiger partial charge in [-0.1, -0.05) is 24.3 Å². The molecule has 0 unspecified atom stereocenters. The van der Waals surface area contributed by atoms with E-state index in [9.17, 15) is 9.00 Å². The van der Waals surface area contributed by atoms with Crippen molar-refractivity contribution < 1.29 is 13.7 Å². The maximum Gasteiger partial charge on any atom is 0.256 e. The van der Waals surface area contributed by atoms with Gasteiger partial charge in [-0.05, 0) is 36.8 Å². The maximum atomic E-state index is 12.8. The molecule has 4 rings (SSSR count). The molecule has 7 heteroatoms. The molecule has 1 atom stereocenters. The first-order chi connectivity index (χ1) is 13.1. The minimum absolute atomic E-state index is 0.260. The number of rotatable bonds is 4. The summed E-state index contributed by atoms with van der Waals surface area (Å²) in [4.78, 5) is 12.8. The zero-order chi connectivity index (χ0) is 19.0. The molecule has 0 aliphatic carbocycles. The Morgan fingerprint density at radius 1 is 1.19 bits per heavy atom. The van der Waals surface area contributed by atoms with Gasteiger partial charge in [0.25, 0.3) is 5.91 Å². The number of aromatic nitrogens is 2. The molecule has 0 spiro atoms. The van der Waals surface area contributed by atoms with Gasteiger partial charge in [-0.3, -0.25) is 9.00 Å². The third kappa shape index (κ3) is 3.26. The van der Waals surface area contributed by atoms with Crippen LogP contribution in [0, 0.1) is 6.92 Å². The summed E-state index contributed by atoms with van der Waals surface area (Å²) in [5, 5.41) is 7.61. The summed E-state index contributed by atoms with van der Waals surface area (Å²) < 4.78 is 18.9. The smallest absolute Gasteiger partial charge is 0.256 e. The lowest BCUT2D eigenvalue weighted by atomic mass is 10.2. The highest BCUT2D eigenvalue weighted by Crippen LogP contribution is 2.32. The molecular formula is C20H19N3O3S. The summed E-state index contributed by atoms with van der Waals surface area (Å²) in [7, 11) is 0.582. The van der Waals surface area contributed by atoms with Crippen molar-refractivity contribution in [3.63, 3.8) is 0 Å². The zero-order valence-electron chi connectivity index (χ0n) is 15.1. The van der Waals surface area contributed by atoms with E-state index in [1.807, 2.05) is 31.2 Å². The molecule has 0 saturated carbocycles.